The number of hydrogen-bond donors (Lipinski definition) is 0. The zero-order valence-corrected chi connectivity index (χ0v) is 7.25. The SMILES string of the molecule is O=S1CC2CSCC(C1)O2. The van der Waals surface area contributed by atoms with Gasteiger partial charge in [-0.15, -0.1) is 0 Å². The molecule has 2 saturated heterocycles. The van der Waals surface area contributed by atoms with Crippen molar-refractivity contribution in [3.63, 3.8) is 0 Å². The molecule has 2 nitrogen and oxygen atoms in total. The first-order valence-corrected chi connectivity index (χ1v) is 6.07. The average molecular weight is 178 g/mol. The van der Waals surface area contributed by atoms with Crippen LogP contribution >= 0.6 is 11.8 Å². The molecule has 2 bridgehead atoms. The van der Waals surface area contributed by atoms with Gasteiger partial charge in [0.1, 0.15) is 0 Å². The minimum absolute atomic E-state index is 0.290. The second kappa shape index (κ2) is 2.83. The van der Waals surface area contributed by atoms with Crippen LogP contribution in [0.3, 0.4) is 0 Å². The van der Waals surface area contributed by atoms with Crippen LogP contribution in [-0.4, -0.2) is 39.4 Å². The van der Waals surface area contributed by atoms with Crippen LogP contribution in [0.5, 0.6) is 0 Å². The van der Waals surface area contributed by atoms with Crippen molar-refractivity contribution >= 4 is 22.6 Å². The Morgan fingerprint density at radius 3 is 2.50 bits per heavy atom. The van der Waals surface area contributed by atoms with Crippen molar-refractivity contribution in [2.75, 3.05) is 23.0 Å². The molecule has 2 aliphatic heterocycles. The van der Waals surface area contributed by atoms with E-state index in [1.54, 1.807) is 0 Å². The first-order valence-electron chi connectivity index (χ1n) is 3.43. The molecule has 2 fully saturated rings. The fourth-order valence-electron chi connectivity index (χ4n) is 1.34. The molecule has 2 unspecified atom stereocenters. The van der Waals surface area contributed by atoms with E-state index in [1.165, 1.54) is 0 Å². The van der Waals surface area contributed by atoms with E-state index in [9.17, 15) is 4.21 Å². The number of thioether (sulfide) groups is 1. The average Bonchev–Trinajstić information content (AvgIpc) is 1.85. The van der Waals surface area contributed by atoms with Crippen LogP contribution in [0.4, 0.5) is 0 Å². The largest absolute Gasteiger partial charge is 0.371 e. The van der Waals surface area contributed by atoms with Gasteiger partial charge in [-0.3, -0.25) is 4.21 Å². The van der Waals surface area contributed by atoms with Gasteiger partial charge in [0.2, 0.25) is 0 Å². The molecular formula is C6H10O2S2. The van der Waals surface area contributed by atoms with E-state index in [-0.39, 0.29) is 0 Å². The van der Waals surface area contributed by atoms with Crippen molar-refractivity contribution < 1.29 is 8.95 Å². The first-order chi connectivity index (χ1) is 4.84. The summed E-state index contributed by atoms with van der Waals surface area (Å²) in [6.45, 7) is 0. The first kappa shape index (κ1) is 7.13. The summed E-state index contributed by atoms with van der Waals surface area (Å²) in [4.78, 5) is 0. The van der Waals surface area contributed by atoms with E-state index in [2.05, 4.69) is 0 Å². The molecule has 0 spiro atoms. The fourth-order valence-corrected chi connectivity index (χ4v) is 4.05. The second-order valence-corrected chi connectivity index (χ2v) is 5.31. The van der Waals surface area contributed by atoms with Crippen molar-refractivity contribution in [3.8, 4) is 0 Å². The lowest BCUT2D eigenvalue weighted by Gasteiger charge is -2.33. The summed E-state index contributed by atoms with van der Waals surface area (Å²) in [6.07, 6.45) is 0.580. The molecule has 2 aliphatic rings. The molecule has 58 valence electrons. The van der Waals surface area contributed by atoms with E-state index in [0.717, 1.165) is 23.0 Å². The van der Waals surface area contributed by atoms with Gasteiger partial charge in [-0.05, 0) is 0 Å². The summed E-state index contributed by atoms with van der Waals surface area (Å²) >= 11 is 1.93. The Morgan fingerprint density at radius 1 is 1.30 bits per heavy atom. The van der Waals surface area contributed by atoms with Crippen molar-refractivity contribution in [2.45, 2.75) is 12.2 Å². The highest BCUT2D eigenvalue weighted by Crippen LogP contribution is 2.23. The number of rotatable bonds is 0. The van der Waals surface area contributed by atoms with Crippen LogP contribution in [-0.2, 0) is 15.5 Å². The van der Waals surface area contributed by atoms with Crippen LogP contribution < -0.4 is 0 Å². The zero-order chi connectivity index (χ0) is 6.97. The lowest BCUT2D eigenvalue weighted by atomic mass is 10.4. The monoisotopic (exact) mass is 178 g/mol. The molecule has 0 aromatic rings. The van der Waals surface area contributed by atoms with Gasteiger partial charge in [0.05, 0.1) is 23.7 Å². The third kappa shape index (κ3) is 1.38. The number of ether oxygens (including phenoxy) is 1. The van der Waals surface area contributed by atoms with Gasteiger partial charge in [-0.2, -0.15) is 11.8 Å². The van der Waals surface area contributed by atoms with Gasteiger partial charge in [-0.1, -0.05) is 0 Å². The van der Waals surface area contributed by atoms with Crippen molar-refractivity contribution in [3.05, 3.63) is 0 Å². The Hall–Kier alpha value is 0.460. The molecule has 2 heterocycles. The van der Waals surface area contributed by atoms with E-state index in [0.29, 0.717) is 12.2 Å². The van der Waals surface area contributed by atoms with E-state index in [1.807, 2.05) is 11.8 Å². The Morgan fingerprint density at radius 2 is 1.90 bits per heavy atom. The standard InChI is InChI=1S/C6H10O2S2/c7-10-3-5-1-9-2-6(4-10)8-5/h5-6H,1-4H2. The lowest BCUT2D eigenvalue weighted by Crippen LogP contribution is -2.44. The molecule has 0 saturated carbocycles. The molecule has 0 aromatic carbocycles. The highest BCUT2D eigenvalue weighted by molar-refractivity contribution is 7.99. The van der Waals surface area contributed by atoms with Gasteiger partial charge in [-0.25, -0.2) is 0 Å². The van der Waals surface area contributed by atoms with E-state index in [4.69, 9.17) is 4.74 Å². The summed E-state index contributed by atoms with van der Waals surface area (Å²) in [5, 5.41) is 0. The van der Waals surface area contributed by atoms with Crippen LogP contribution in [0.15, 0.2) is 0 Å². The van der Waals surface area contributed by atoms with Gasteiger partial charge in [0.15, 0.2) is 0 Å². The molecular weight excluding hydrogens is 168 g/mol. The molecule has 0 radical (unpaired) electrons. The highest BCUT2D eigenvalue weighted by atomic mass is 32.2. The predicted molar refractivity (Wildman–Crippen MR) is 43.9 cm³/mol. The summed E-state index contributed by atoms with van der Waals surface area (Å²) < 4.78 is 16.7. The summed E-state index contributed by atoms with van der Waals surface area (Å²) in [5.74, 6) is 3.62. The Balaban J connectivity index is 2.05. The third-order valence-corrected chi connectivity index (χ3v) is 4.44. The topological polar surface area (TPSA) is 26.3 Å². The summed E-state index contributed by atoms with van der Waals surface area (Å²) in [6, 6.07) is 0. The Labute approximate surface area is 67.2 Å². The van der Waals surface area contributed by atoms with E-state index < -0.39 is 10.8 Å². The molecule has 0 N–H and O–H groups in total. The zero-order valence-electron chi connectivity index (χ0n) is 5.62. The lowest BCUT2D eigenvalue weighted by molar-refractivity contribution is 0.0266. The number of hydrogen-bond acceptors (Lipinski definition) is 3. The van der Waals surface area contributed by atoms with Gasteiger partial charge in [0.25, 0.3) is 0 Å². The number of fused-ring (bicyclic) bond motifs is 2. The summed E-state index contributed by atoms with van der Waals surface area (Å²) in [5.41, 5.74) is 0. The smallest absolute Gasteiger partial charge is 0.0785 e. The third-order valence-electron chi connectivity index (χ3n) is 1.74. The van der Waals surface area contributed by atoms with Crippen LogP contribution in [0, 0.1) is 0 Å². The predicted octanol–water partition coefficient (Wildman–Crippen LogP) is 0.249. The second-order valence-electron chi connectivity index (χ2n) is 2.69. The van der Waals surface area contributed by atoms with E-state index >= 15 is 0 Å². The normalized spacial score (nSPS) is 47.0. The minimum Gasteiger partial charge on any atom is -0.371 e. The summed E-state index contributed by atoms with van der Waals surface area (Å²) in [7, 11) is -0.587. The highest BCUT2D eigenvalue weighted by Gasteiger charge is 2.30. The van der Waals surface area contributed by atoms with Gasteiger partial charge >= 0.3 is 0 Å². The molecule has 0 aromatic heterocycles. The molecule has 10 heavy (non-hydrogen) atoms. The van der Waals surface area contributed by atoms with Crippen molar-refractivity contribution in [2.24, 2.45) is 0 Å². The van der Waals surface area contributed by atoms with Crippen molar-refractivity contribution in [1.29, 1.82) is 0 Å². The van der Waals surface area contributed by atoms with Crippen molar-refractivity contribution in [1.82, 2.24) is 0 Å². The van der Waals surface area contributed by atoms with Crippen LogP contribution in [0.2, 0.25) is 0 Å². The Kier molecular flexibility index (Phi) is 2.02. The van der Waals surface area contributed by atoms with Gasteiger partial charge in [0, 0.05) is 22.3 Å². The molecule has 2 atom stereocenters. The van der Waals surface area contributed by atoms with Crippen LogP contribution in [0.1, 0.15) is 0 Å². The van der Waals surface area contributed by atoms with Crippen LogP contribution in [0.25, 0.3) is 0 Å². The quantitative estimate of drug-likeness (QED) is 0.532. The Bertz CT molecular complexity index is 146. The maximum atomic E-state index is 11.1. The molecule has 0 aliphatic carbocycles. The maximum Gasteiger partial charge on any atom is 0.0785 e. The molecule has 4 heteroatoms. The molecule has 0 amide bonds. The van der Waals surface area contributed by atoms with Gasteiger partial charge < -0.3 is 4.74 Å². The minimum atomic E-state index is -0.587. The maximum absolute atomic E-state index is 11.1. The fraction of sp³-hybridized carbons (Fsp3) is 1.00. The molecule has 2 rings (SSSR count).